The summed E-state index contributed by atoms with van der Waals surface area (Å²) in [5.74, 6) is 0.837. The van der Waals surface area contributed by atoms with Crippen molar-refractivity contribution in [2.24, 2.45) is 18.0 Å². The lowest BCUT2D eigenvalue weighted by atomic mass is 10.2. The number of hydrogen-bond donors (Lipinski definition) is 2. The van der Waals surface area contributed by atoms with Crippen LogP contribution in [0.1, 0.15) is 19.5 Å². The molecule has 0 aromatic carbocycles. The highest BCUT2D eigenvalue weighted by atomic mass is 127. The first-order valence-corrected chi connectivity index (χ1v) is 7.73. The van der Waals surface area contributed by atoms with E-state index in [0.29, 0.717) is 19.6 Å². The zero-order valence-corrected chi connectivity index (χ0v) is 17.5. The van der Waals surface area contributed by atoms with E-state index in [2.05, 4.69) is 15.6 Å². The lowest BCUT2D eigenvalue weighted by molar-refractivity contribution is -0.123. The maximum atomic E-state index is 11.5. The van der Waals surface area contributed by atoms with Crippen LogP contribution in [0.5, 0.6) is 0 Å². The van der Waals surface area contributed by atoms with Gasteiger partial charge in [0, 0.05) is 52.0 Å². The van der Waals surface area contributed by atoms with Gasteiger partial charge in [-0.25, -0.2) is 0 Å². The van der Waals surface area contributed by atoms with Crippen LogP contribution in [0, 0.1) is 5.92 Å². The standard InChI is InChI=1S/C15H26ClN5O.HI/c1-11(2)14(22)18-6-7-19-15(17-3)21(5)10-13-8-12(16)9-20(13)4;/h8-9,11H,6-7,10H2,1-5H3,(H,17,19)(H,18,22);1H. The van der Waals surface area contributed by atoms with E-state index in [0.717, 1.165) is 16.7 Å². The first-order chi connectivity index (χ1) is 10.3. The van der Waals surface area contributed by atoms with Gasteiger partial charge in [0.15, 0.2) is 5.96 Å². The van der Waals surface area contributed by atoms with Gasteiger partial charge in [0.05, 0.1) is 11.6 Å². The Kier molecular flexibility index (Phi) is 10.3. The molecule has 1 aromatic heterocycles. The smallest absolute Gasteiger partial charge is 0.222 e. The fraction of sp³-hybridized carbons (Fsp3) is 0.600. The number of guanidine groups is 1. The maximum Gasteiger partial charge on any atom is 0.222 e. The van der Waals surface area contributed by atoms with Crippen LogP contribution in [-0.2, 0) is 18.4 Å². The van der Waals surface area contributed by atoms with Gasteiger partial charge in [-0.15, -0.1) is 24.0 Å². The van der Waals surface area contributed by atoms with Crippen molar-refractivity contribution < 1.29 is 4.79 Å². The zero-order valence-electron chi connectivity index (χ0n) is 14.4. The summed E-state index contributed by atoms with van der Waals surface area (Å²) < 4.78 is 2.00. The number of nitrogens with one attached hydrogen (secondary N) is 2. The molecule has 1 amide bonds. The van der Waals surface area contributed by atoms with E-state index in [4.69, 9.17) is 11.6 Å². The average molecular weight is 456 g/mol. The second-order valence-electron chi connectivity index (χ2n) is 5.54. The summed E-state index contributed by atoms with van der Waals surface area (Å²) in [6.45, 7) is 5.64. The third kappa shape index (κ3) is 7.43. The summed E-state index contributed by atoms with van der Waals surface area (Å²) in [4.78, 5) is 17.7. The van der Waals surface area contributed by atoms with E-state index in [9.17, 15) is 4.79 Å². The van der Waals surface area contributed by atoms with Gasteiger partial charge in [-0.1, -0.05) is 25.4 Å². The minimum atomic E-state index is 0. The molecule has 1 heterocycles. The fourth-order valence-electron chi connectivity index (χ4n) is 1.99. The molecular formula is C15H27ClIN5O. The molecule has 0 aliphatic rings. The van der Waals surface area contributed by atoms with Crippen LogP contribution in [0.4, 0.5) is 0 Å². The van der Waals surface area contributed by atoms with Crippen molar-refractivity contribution in [2.75, 3.05) is 27.2 Å². The molecule has 1 rings (SSSR count). The molecule has 23 heavy (non-hydrogen) atoms. The van der Waals surface area contributed by atoms with Crippen LogP contribution in [0.3, 0.4) is 0 Å². The van der Waals surface area contributed by atoms with Crippen LogP contribution >= 0.6 is 35.6 Å². The van der Waals surface area contributed by atoms with E-state index < -0.39 is 0 Å². The summed E-state index contributed by atoms with van der Waals surface area (Å²) in [6.07, 6.45) is 1.88. The molecule has 1 aromatic rings. The molecule has 0 saturated heterocycles. The van der Waals surface area contributed by atoms with Gasteiger partial charge < -0.3 is 20.1 Å². The van der Waals surface area contributed by atoms with E-state index in [1.54, 1.807) is 7.05 Å². The van der Waals surface area contributed by atoms with Gasteiger partial charge in [-0.2, -0.15) is 0 Å². The van der Waals surface area contributed by atoms with Gasteiger partial charge in [-0.05, 0) is 6.07 Å². The van der Waals surface area contributed by atoms with E-state index in [1.807, 2.05) is 49.7 Å². The van der Waals surface area contributed by atoms with Gasteiger partial charge in [0.2, 0.25) is 5.91 Å². The van der Waals surface area contributed by atoms with Gasteiger partial charge >= 0.3 is 0 Å². The second kappa shape index (κ2) is 10.7. The Morgan fingerprint density at radius 2 is 2.00 bits per heavy atom. The molecule has 132 valence electrons. The number of carbonyl (C=O) groups is 1. The number of nitrogens with zero attached hydrogens (tertiary/aromatic N) is 3. The van der Waals surface area contributed by atoms with Crippen molar-refractivity contribution >= 4 is 47.4 Å². The van der Waals surface area contributed by atoms with Gasteiger partial charge in [-0.3, -0.25) is 9.79 Å². The summed E-state index contributed by atoms with van der Waals surface area (Å²) in [5.41, 5.74) is 1.10. The van der Waals surface area contributed by atoms with Crippen molar-refractivity contribution in [1.29, 1.82) is 0 Å². The third-order valence-corrected chi connectivity index (χ3v) is 3.49. The predicted molar refractivity (Wildman–Crippen MR) is 107 cm³/mol. The molecular weight excluding hydrogens is 429 g/mol. The van der Waals surface area contributed by atoms with E-state index >= 15 is 0 Å². The predicted octanol–water partition coefficient (Wildman–Crippen LogP) is 2.08. The monoisotopic (exact) mass is 455 g/mol. The average Bonchev–Trinajstić information content (AvgIpc) is 2.76. The first-order valence-electron chi connectivity index (χ1n) is 7.35. The van der Waals surface area contributed by atoms with Gasteiger partial charge in [0.1, 0.15) is 0 Å². The van der Waals surface area contributed by atoms with Crippen molar-refractivity contribution in [1.82, 2.24) is 20.1 Å². The largest absolute Gasteiger partial charge is 0.354 e. The van der Waals surface area contributed by atoms with Crippen molar-refractivity contribution in [3.8, 4) is 0 Å². The van der Waals surface area contributed by atoms with Crippen molar-refractivity contribution in [3.63, 3.8) is 0 Å². The number of aryl methyl sites for hydroxylation is 1. The first kappa shape index (κ1) is 22.0. The highest BCUT2D eigenvalue weighted by molar-refractivity contribution is 14.0. The molecule has 0 atom stereocenters. The molecule has 0 aliphatic carbocycles. The normalized spacial score (nSPS) is 11.2. The number of aliphatic imine (C=N–C) groups is 1. The third-order valence-electron chi connectivity index (χ3n) is 3.28. The zero-order chi connectivity index (χ0) is 16.7. The van der Waals surface area contributed by atoms with Crippen LogP contribution < -0.4 is 10.6 Å². The molecule has 6 nitrogen and oxygen atoms in total. The number of aromatic nitrogens is 1. The Labute approximate surface area is 160 Å². The maximum absolute atomic E-state index is 11.5. The Morgan fingerprint density at radius 3 is 2.48 bits per heavy atom. The van der Waals surface area contributed by atoms with Crippen LogP contribution in [0.25, 0.3) is 0 Å². The number of hydrogen-bond acceptors (Lipinski definition) is 2. The van der Waals surface area contributed by atoms with E-state index in [1.165, 1.54) is 0 Å². The second-order valence-corrected chi connectivity index (χ2v) is 5.97. The molecule has 0 fully saturated rings. The molecule has 0 aliphatic heterocycles. The van der Waals surface area contributed by atoms with Crippen LogP contribution in [0.15, 0.2) is 17.3 Å². The number of rotatable bonds is 6. The Morgan fingerprint density at radius 1 is 1.39 bits per heavy atom. The Balaban J connectivity index is 0.00000484. The highest BCUT2D eigenvalue weighted by Gasteiger charge is 2.10. The van der Waals surface area contributed by atoms with E-state index in [-0.39, 0.29) is 35.8 Å². The molecule has 2 N–H and O–H groups in total. The number of carbonyl (C=O) groups excluding carboxylic acids is 1. The van der Waals surface area contributed by atoms with Crippen LogP contribution in [0.2, 0.25) is 5.02 Å². The fourth-order valence-corrected chi connectivity index (χ4v) is 2.26. The molecule has 0 spiro atoms. The molecule has 0 unspecified atom stereocenters. The molecule has 0 saturated carbocycles. The SMILES string of the molecule is CN=C(NCCNC(=O)C(C)C)N(C)Cc1cc(Cl)cn1C.I. The van der Waals surface area contributed by atoms with Crippen LogP contribution in [-0.4, -0.2) is 48.5 Å². The topological polar surface area (TPSA) is 61.7 Å². The molecule has 8 heteroatoms. The van der Waals surface area contributed by atoms with Gasteiger partial charge in [0.25, 0.3) is 0 Å². The van der Waals surface area contributed by atoms with Crippen molar-refractivity contribution in [2.45, 2.75) is 20.4 Å². The van der Waals surface area contributed by atoms with Crippen molar-refractivity contribution in [3.05, 3.63) is 23.0 Å². The lowest BCUT2D eigenvalue weighted by Crippen LogP contribution is -2.42. The minimum Gasteiger partial charge on any atom is -0.354 e. The summed E-state index contributed by atoms with van der Waals surface area (Å²) >= 11 is 5.99. The lowest BCUT2D eigenvalue weighted by Gasteiger charge is -2.22. The highest BCUT2D eigenvalue weighted by Crippen LogP contribution is 2.14. The number of halogens is 2. The Hall–Kier alpha value is -0.960. The summed E-state index contributed by atoms with van der Waals surface area (Å²) in [7, 11) is 5.67. The summed E-state index contributed by atoms with van der Waals surface area (Å²) in [5, 5.41) is 6.82. The minimum absolute atomic E-state index is 0. The molecule has 0 bridgehead atoms. The Bertz CT molecular complexity index is 530. The summed E-state index contributed by atoms with van der Waals surface area (Å²) in [6, 6.07) is 1.94. The molecule has 0 radical (unpaired) electrons. The quantitative estimate of drug-likeness (QED) is 0.299. The number of amides is 1.